The van der Waals surface area contributed by atoms with Crippen LogP contribution >= 0.6 is 0 Å². The fourth-order valence-corrected chi connectivity index (χ4v) is 2.77. The third-order valence-corrected chi connectivity index (χ3v) is 4.24. The maximum absolute atomic E-state index is 13.0. The van der Waals surface area contributed by atoms with E-state index in [0.717, 1.165) is 29.9 Å². The summed E-state index contributed by atoms with van der Waals surface area (Å²) >= 11 is 0. The van der Waals surface area contributed by atoms with Crippen LogP contribution in [-0.2, 0) is 13.0 Å². The van der Waals surface area contributed by atoms with Gasteiger partial charge in [-0.05, 0) is 31.0 Å². The zero-order valence-electron chi connectivity index (χ0n) is 14.2. The number of hydrogen-bond donors (Lipinski definition) is 0. The number of carbonyl (C=O) groups excluding carboxylic acids is 1. The van der Waals surface area contributed by atoms with Gasteiger partial charge in [0, 0.05) is 18.0 Å². The van der Waals surface area contributed by atoms with Gasteiger partial charge in [0.15, 0.2) is 12.1 Å². The molecule has 0 saturated heterocycles. The number of aromatic nitrogens is 1. The summed E-state index contributed by atoms with van der Waals surface area (Å²) in [6.07, 6.45) is 4.00. The molecule has 0 spiro atoms. The van der Waals surface area contributed by atoms with Gasteiger partial charge in [0.05, 0.1) is 20.8 Å². The number of ether oxygens (including phenoxy) is 2. The molecule has 6 nitrogen and oxygen atoms in total. The Morgan fingerprint density at radius 1 is 1.33 bits per heavy atom. The van der Waals surface area contributed by atoms with E-state index in [9.17, 15) is 4.79 Å². The minimum Gasteiger partial charge on any atom is -0.497 e. The quantitative estimate of drug-likeness (QED) is 0.780. The molecule has 2 aromatic rings. The van der Waals surface area contributed by atoms with Crippen molar-refractivity contribution in [1.29, 1.82) is 0 Å². The van der Waals surface area contributed by atoms with Crippen LogP contribution in [-0.4, -0.2) is 36.1 Å². The Kier molecular flexibility index (Phi) is 4.74. The van der Waals surface area contributed by atoms with Gasteiger partial charge in [0.1, 0.15) is 17.3 Å². The zero-order chi connectivity index (χ0) is 17.1. The number of nitrogens with zero attached hydrogens (tertiary/aromatic N) is 2. The van der Waals surface area contributed by atoms with Gasteiger partial charge in [-0.15, -0.1) is 0 Å². The van der Waals surface area contributed by atoms with Crippen LogP contribution < -0.4 is 9.47 Å². The highest BCUT2D eigenvalue weighted by Gasteiger charge is 2.35. The van der Waals surface area contributed by atoms with E-state index in [1.807, 2.05) is 30.0 Å². The standard InChI is InChI=1S/C18H22N2O4/c1-4-15-17(19-11-24-15)18(21)20(13-5-6-13)10-12-9-14(22-2)7-8-16(12)23-3/h7-9,11,13H,4-6,10H2,1-3H3. The molecule has 0 radical (unpaired) electrons. The maximum Gasteiger partial charge on any atom is 0.276 e. The second kappa shape index (κ2) is 6.95. The topological polar surface area (TPSA) is 64.8 Å². The first kappa shape index (κ1) is 16.4. The van der Waals surface area contributed by atoms with Crippen LogP contribution in [0.5, 0.6) is 11.5 Å². The number of hydrogen-bond acceptors (Lipinski definition) is 5. The SMILES string of the molecule is CCc1ocnc1C(=O)N(Cc1cc(OC)ccc1OC)C1CC1. The second-order valence-electron chi connectivity index (χ2n) is 5.82. The molecule has 1 aromatic heterocycles. The summed E-state index contributed by atoms with van der Waals surface area (Å²) in [5.74, 6) is 2.02. The van der Waals surface area contributed by atoms with E-state index in [1.54, 1.807) is 14.2 Å². The highest BCUT2D eigenvalue weighted by molar-refractivity contribution is 5.93. The van der Waals surface area contributed by atoms with Gasteiger partial charge < -0.3 is 18.8 Å². The summed E-state index contributed by atoms with van der Waals surface area (Å²) in [5, 5.41) is 0. The van der Waals surface area contributed by atoms with Crippen molar-refractivity contribution in [2.45, 2.75) is 38.8 Å². The lowest BCUT2D eigenvalue weighted by molar-refractivity contribution is 0.0721. The summed E-state index contributed by atoms with van der Waals surface area (Å²) in [5.41, 5.74) is 1.32. The molecule has 0 aliphatic heterocycles. The maximum atomic E-state index is 13.0. The average Bonchev–Trinajstić information content (AvgIpc) is 3.34. The third-order valence-electron chi connectivity index (χ3n) is 4.24. The fourth-order valence-electron chi connectivity index (χ4n) is 2.77. The lowest BCUT2D eigenvalue weighted by atomic mass is 10.1. The summed E-state index contributed by atoms with van der Waals surface area (Å²) in [4.78, 5) is 18.9. The van der Waals surface area contributed by atoms with Gasteiger partial charge in [-0.1, -0.05) is 6.92 Å². The van der Waals surface area contributed by atoms with Crippen molar-refractivity contribution in [3.05, 3.63) is 41.6 Å². The number of rotatable bonds is 7. The Bertz CT molecular complexity index is 722. The van der Waals surface area contributed by atoms with Crippen molar-refractivity contribution < 1.29 is 18.7 Å². The van der Waals surface area contributed by atoms with E-state index in [1.165, 1.54) is 6.39 Å². The Hall–Kier alpha value is -2.50. The molecule has 0 N–H and O–H groups in total. The monoisotopic (exact) mass is 330 g/mol. The highest BCUT2D eigenvalue weighted by atomic mass is 16.5. The van der Waals surface area contributed by atoms with Crippen molar-refractivity contribution in [1.82, 2.24) is 9.88 Å². The first-order valence-electron chi connectivity index (χ1n) is 8.12. The van der Waals surface area contributed by atoms with Crippen LogP contribution in [0.1, 0.15) is 41.6 Å². The van der Waals surface area contributed by atoms with Crippen molar-refractivity contribution in [3.8, 4) is 11.5 Å². The molecule has 1 amide bonds. The molecule has 1 aliphatic carbocycles. The van der Waals surface area contributed by atoms with Crippen molar-refractivity contribution in [2.75, 3.05) is 14.2 Å². The molecule has 0 bridgehead atoms. The second-order valence-corrected chi connectivity index (χ2v) is 5.82. The summed E-state index contributed by atoms with van der Waals surface area (Å²) < 4.78 is 16.0. The number of amides is 1. The minimum absolute atomic E-state index is 0.0898. The molecule has 1 fully saturated rings. The lowest BCUT2D eigenvalue weighted by Crippen LogP contribution is -2.33. The van der Waals surface area contributed by atoms with Gasteiger partial charge in [-0.3, -0.25) is 4.79 Å². The number of aryl methyl sites for hydroxylation is 1. The first-order chi connectivity index (χ1) is 11.7. The summed E-state index contributed by atoms with van der Waals surface area (Å²) in [6.45, 7) is 2.41. The predicted molar refractivity (Wildman–Crippen MR) is 88.3 cm³/mol. The molecule has 24 heavy (non-hydrogen) atoms. The molecular weight excluding hydrogens is 308 g/mol. The van der Waals surface area contributed by atoms with Gasteiger partial charge in [-0.25, -0.2) is 4.98 Å². The first-order valence-corrected chi connectivity index (χ1v) is 8.12. The number of oxazole rings is 1. The molecule has 1 saturated carbocycles. The van der Waals surface area contributed by atoms with E-state index in [2.05, 4.69) is 4.98 Å². The van der Waals surface area contributed by atoms with E-state index < -0.39 is 0 Å². The molecular formula is C18H22N2O4. The summed E-state index contributed by atoms with van der Waals surface area (Å²) in [7, 11) is 3.25. The van der Waals surface area contributed by atoms with E-state index in [4.69, 9.17) is 13.9 Å². The van der Waals surface area contributed by atoms with Gasteiger partial charge in [0.2, 0.25) is 0 Å². The van der Waals surface area contributed by atoms with Crippen LogP contribution in [0.4, 0.5) is 0 Å². The molecule has 1 aromatic carbocycles. The number of methoxy groups -OCH3 is 2. The van der Waals surface area contributed by atoms with E-state index >= 15 is 0 Å². The van der Waals surface area contributed by atoms with Crippen LogP contribution in [0.25, 0.3) is 0 Å². The third kappa shape index (κ3) is 3.22. The van der Waals surface area contributed by atoms with Gasteiger partial charge >= 0.3 is 0 Å². The molecule has 3 rings (SSSR count). The smallest absolute Gasteiger partial charge is 0.276 e. The van der Waals surface area contributed by atoms with Crippen molar-refractivity contribution in [3.63, 3.8) is 0 Å². The Labute approximate surface area is 141 Å². The Morgan fingerprint density at radius 3 is 2.75 bits per heavy atom. The molecule has 0 atom stereocenters. The molecule has 128 valence electrons. The van der Waals surface area contributed by atoms with Crippen LogP contribution in [0, 0.1) is 0 Å². The average molecular weight is 330 g/mol. The fraction of sp³-hybridized carbons (Fsp3) is 0.444. The number of carbonyl (C=O) groups is 1. The van der Waals surface area contributed by atoms with Crippen LogP contribution in [0.15, 0.2) is 29.0 Å². The summed E-state index contributed by atoms with van der Waals surface area (Å²) in [6, 6.07) is 5.86. The molecule has 1 aliphatic rings. The molecule has 6 heteroatoms. The number of benzene rings is 1. The molecule has 1 heterocycles. The van der Waals surface area contributed by atoms with E-state index in [-0.39, 0.29) is 11.9 Å². The Balaban J connectivity index is 1.89. The largest absolute Gasteiger partial charge is 0.497 e. The van der Waals surface area contributed by atoms with Gasteiger partial charge in [-0.2, -0.15) is 0 Å². The van der Waals surface area contributed by atoms with E-state index in [0.29, 0.717) is 24.4 Å². The van der Waals surface area contributed by atoms with Crippen molar-refractivity contribution in [2.24, 2.45) is 0 Å². The minimum atomic E-state index is -0.0898. The highest BCUT2D eigenvalue weighted by Crippen LogP contribution is 2.33. The van der Waals surface area contributed by atoms with Crippen molar-refractivity contribution >= 4 is 5.91 Å². The molecule has 0 unspecified atom stereocenters. The Morgan fingerprint density at radius 2 is 2.12 bits per heavy atom. The zero-order valence-corrected chi connectivity index (χ0v) is 14.2. The van der Waals surface area contributed by atoms with Crippen LogP contribution in [0.2, 0.25) is 0 Å². The van der Waals surface area contributed by atoms with Gasteiger partial charge in [0.25, 0.3) is 5.91 Å². The predicted octanol–water partition coefficient (Wildman–Crippen LogP) is 3.06. The normalized spacial score (nSPS) is 13.6. The lowest BCUT2D eigenvalue weighted by Gasteiger charge is -2.23. The van der Waals surface area contributed by atoms with Crippen LogP contribution in [0.3, 0.4) is 0 Å².